The van der Waals surface area contributed by atoms with Crippen molar-refractivity contribution in [2.24, 2.45) is 14.1 Å². The third kappa shape index (κ3) is 1.78. The van der Waals surface area contributed by atoms with Crippen LogP contribution in [0.3, 0.4) is 0 Å². The van der Waals surface area contributed by atoms with E-state index in [0.29, 0.717) is 11.5 Å². The van der Waals surface area contributed by atoms with E-state index in [1.54, 1.807) is 35.9 Å². The standard InChI is InChI=1S/C9H11N5O/c1-13-6-10-4-7(13)8(15)3-9-11-5-12-14(9)2/h4-6H,3H2,1-2H3. The summed E-state index contributed by atoms with van der Waals surface area (Å²) in [5.41, 5.74) is 0.581. The van der Waals surface area contributed by atoms with Crippen LogP contribution < -0.4 is 0 Å². The van der Waals surface area contributed by atoms with Crippen molar-refractivity contribution in [3.8, 4) is 0 Å². The summed E-state index contributed by atoms with van der Waals surface area (Å²) in [4.78, 5) is 19.7. The molecule has 0 atom stereocenters. The molecule has 0 spiro atoms. The molecule has 0 aliphatic carbocycles. The van der Waals surface area contributed by atoms with Crippen molar-refractivity contribution in [3.63, 3.8) is 0 Å². The Morgan fingerprint density at radius 3 is 2.80 bits per heavy atom. The number of imidazole rings is 1. The Labute approximate surface area is 86.6 Å². The van der Waals surface area contributed by atoms with E-state index in [-0.39, 0.29) is 12.2 Å². The zero-order chi connectivity index (χ0) is 10.8. The van der Waals surface area contributed by atoms with Crippen molar-refractivity contribution in [2.75, 3.05) is 0 Å². The normalized spacial score (nSPS) is 10.5. The maximum Gasteiger partial charge on any atom is 0.188 e. The van der Waals surface area contributed by atoms with Gasteiger partial charge >= 0.3 is 0 Å². The number of carbonyl (C=O) groups is 1. The SMILES string of the molecule is Cn1cncc1C(=O)Cc1ncnn1C. The highest BCUT2D eigenvalue weighted by molar-refractivity contribution is 5.95. The Hall–Kier alpha value is -1.98. The number of nitrogens with zero attached hydrogens (tertiary/aromatic N) is 5. The van der Waals surface area contributed by atoms with Crippen LogP contribution in [0.15, 0.2) is 18.9 Å². The molecule has 0 aromatic carbocycles. The van der Waals surface area contributed by atoms with Crippen LogP contribution in [0.25, 0.3) is 0 Å². The smallest absolute Gasteiger partial charge is 0.188 e. The summed E-state index contributed by atoms with van der Waals surface area (Å²) < 4.78 is 3.28. The molecule has 0 radical (unpaired) electrons. The molecule has 2 rings (SSSR count). The lowest BCUT2D eigenvalue weighted by molar-refractivity contribution is 0.0982. The number of hydrogen-bond donors (Lipinski definition) is 0. The molecule has 78 valence electrons. The Morgan fingerprint density at radius 2 is 2.27 bits per heavy atom. The van der Waals surface area contributed by atoms with Gasteiger partial charge in [-0.3, -0.25) is 9.48 Å². The molecule has 2 aromatic rings. The predicted octanol–water partition coefficient (Wildman–Crippen LogP) is -0.0260. The highest BCUT2D eigenvalue weighted by Gasteiger charge is 2.13. The summed E-state index contributed by atoms with van der Waals surface area (Å²) in [6.07, 6.45) is 4.84. The lowest BCUT2D eigenvalue weighted by Crippen LogP contribution is -2.12. The van der Waals surface area contributed by atoms with E-state index in [4.69, 9.17) is 0 Å². The van der Waals surface area contributed by atoms with Crippen LogP contribution in [0.2, 0.25) is 0 Å². The number of hydrogen-bond acceptors (Lipinski definition) is 4. The third-order valence-electron chi connectivity index (χ3n) is 2.23. The van der Waals surface area contributed by atoms with Gasteiger partial charge < -0.3 is 4.57 Å². The average molecular weight is 205 g/mol. The van der Waals surface area contributed by atoms with E-state index in [1.807, 2.05) is 0 Å². The quantitative estimate of drug-likeness (QED) is 0.660. The van der Waals surface area contributed by atoms with Crippen molar-refractivity contribution >= 4 is 5.78 Å². The molecular formula is C9H11N5O. The number of ketones is 1. The van der Waals surface area contributed by atoms with Crippen LogP contribution in [-0.4, -0.2) is 30.1 Å². The molecule has 0 aliphatic rings. The molecule has 0 saturated carbocycles. The highest BCUT2D eigenvalue weighted by Crippen LogP contribution is 2.03. The minimum atomic E-state index is -0.00824. The van der Waals surface area contributed by atoms with Crippen molar-refractivity contribution < 1.29 is 4.79 Å². The molecule has 2 heterocycles. The largest absolute Gasteiger partial charge is 0.331 e. The Balaban J connectivity index is 2.18. The second kappa shape index (κ2) is 3.64. The van der Waals surface area contributed by atoms with Gasteiger partial charge in [0.25, 0.3) is 0 Å². The predicted molar refractivity (Wildman–Crippen MR) is 52.2 cm³/mol. The number of aryl methyl sites for hydroxylation is 2. The van der Waals surface area contributed by atoms with Crippen LogP contribution in [-0.2, 0) is 20.5 Å². The minimum absolute atomic E-state index is 0.00824. The van der Waals surface area contributed by atoms with Gasteiger partial charge in [-0.2, -0.15) is 5.10 Å². The zero-order valence-corrected chi connectivity index (χ0v) is 8.58. The Bertz CT molecular complexity index is 484. The van der Waals surface area contributed by atoms with E-state index < -0.39 is 0 Å². The van der Waals surface area contributed by atoms with Crippen LogP contribution in [0.4, 0.5) is 0 Å². The van der Waals surface area contributed by atoms with Crippen LogP contribution in [0.1, 0.15) is 16.3 Å². The average Bonchev–Trinajstić information content (AvgIpc) is 2.76. The molecule has 15 heavy (non-hydrogen) atoms. The lowest BCUT2D eigenvalue weighted by Gasteiger charge is -2.00. The summed E-state index contributed by atoms with van der Waals surface area (Å²) in [6.45, 7) is 0. The Morgan fingerprint density at radius 1 is 1.47 bits per heavy atom. The van der Waals surface area contributed by atoms with E-state index >= 15 is 0 Å². The molecule has 0 aliphatic heterocycles. The highest BCUT2D eigenvalue weighted by atomic mass is 16.1. The van der Waals surface area contributed by atoms with Gasteiger partial charge in [0.05, 0.1) is 18.9 Å². The number of Topliss-reactive ketones (excluding diaryl/α,β-unsaturated/α-hetero) is 1. The summed E-state index contributed by atoms with van der Waals surface area (Å²) in [7, 11) is 3.55. The van der Waals surface area contributed by atoms with Crippen molar-refractivity contribution in [3.05, 3.63) is 30.4 Å². The first-order chi connectivity index (χ1) is 7.18. The van der Waals surface area contributed by atoms with Gasteiger partial charge in [-0.1, -0.05) is 0 Å². The first-order valence-corrected chi connectivity index (χ1v) is 4.51. The van der Waals surface area contributed by atoms with Gasteiger partial charge in [-0.05, 0) is 0 Å². The minimum Gasteiger partial charge on any atom is -0.331 e. The van der Waals surface area contributed by atoms with Gasteiger partial charge in [0, 0.05) is 14.1 Å². The molecule has 0 saturated heterocycles. The van der Waals surface area contributed by atoms with Gasteiger partial charge in [0.2, 0.25) is 0 Å². The first-order valence-electron chi connectivity index (χ1n) is 4.51. The van der Waals surface area contributed by atoms with E-state index in [2.05, 4.69) is 15.1 Å². The second-order valence-corrected chi connectivity index (χ2v) is 3.29. The molecule has 6 nitrogen and oxygen atoms in total. The summed E-state index contributed by atoms with van der Waals surface area (Å²) in [5, 5.41) is 3.90. The third-order valence-corrected chi connectivity index (χ3v) is 2.23. The number of rotatable bonds is 3. The summed E-state index contributed by atoms with van der Waals surface area (Å²) in [6, 6.07) is 0. The molecule has 2 aromatic heterocycles. The molecule has 0 N–H and O–H groups in total. The fraction of sp³-hybridized carbons (Fsp3) is 0.333. The van der Waals surface area contributed by atoms with E-state index in [9.17, 15) is 4.79 Å². The molecule has 0 bridgehead atoms. The summed E-state index contributed by atoms with van der Waals surface area (Å²) in [5.74, 6) is 0.646. The molecule has 6 heteroatoms. The van der Waals surface area contributed by atoms with Gasteiger partial charge in [-0.25, -0.2) is 9.97 Å². The van der Waals surface area contributed by atoms with Gasteiger partial charge in [-0.15, -0.1) is 0 Å². The zero-order valence-electron chi connectivity index (χ0n) is 8.58. The maximum absolute atomic E-state index is 11.8. The topological polar surface area (TPSA) is 65.6 Å². The number of aromatic nitrogens is 5. The molecule has 0 fully saturated rings. The second-order valence-electron chi connectivity index (χ2n) is 3.29. The molecule has 0 amide bonds. The van der Waals surface area contributed by atoms with Crippen LogP contribution in [0.5, 0.6) is 0 Å². The van der Waals surface area contributed by atoms with Gasteiger partial charge in [0.15, 0.2) is 5.78 Å². The number of carbonyl (C=O) groups excluding carboxylic acids is 1. The van der Waals surface area contributed by atoms with E-state index in [0.717, 1.165) is 0 Å². The first kappa shape index (κ1) is 9.57. The van der Waals surface area contributed by atoms with E-state index in [1.165, 1.54) is 6.33 Å². The van der Waals surface area contributed by atoms with Crippen molar-refractivity contribution in [1.82, 2.24) is 24.3 Å². The Kier molecular flexibility index (Phi) is 2.32. The van der Waals surface area contributed by atoms with Gasteiger partial charge in [0.1, 0.15) is 17.8 Å². The monoisotopic (exact) mass is 205 g/mol. The lowest BCUT2D eigenvalue weighted by atomic mass is 10.2. The van der Waals surface area contributed by atoms with Crippen molar-refractivity contribution in [2.45, 2.75) is 6.42 Å². The summed E-state index contributed by atoms with van der Waals surface area (Å²) >= 11 is 0. The van der Waals surface area contributed by atoms with Crippen LogP contribution in [0, 0.1) is 0 Å². The fourth-order valence-corrected chi connectivity index (χ4v) is 1.34. The maximum atomic E-state index is 11.8. The van der Waals surface area contributed by atoms with Crippen molar-refractivity contribution in [1.29, 1.82) is 0 Å². The van der Waals surface area contributed by atoms with Crippen LogP contribution >= 0.6 is 0 Å². The molecular weight excluding hydrogens is 194 g/mol. The molecule has 0 unspecified atom stereocenters. The fourth-order valence-electron chi connectivity index (χ4n) is 1.34.